The number of carbonyl (C=O) groups is 2. The van der Waals surface area contributed by atoms with Gasteiger partial charge in [-0.05, 0) is 30.2 Å². The zero-order valence-electron chi connectivity index (χ0n) is 16.2. The van der Waals surface area contributed by atoms with Gasteiger partial charge >= 0.3 is 0 Å². The highest BCUT2D eigenvalue weighted by atomic mass is 16.6. The van der Waals surface area contributed by atoms with Crippen LogP contribution in [0.3, 0.4) is 0 Å². The van der Waals surface area contributed by atoms with Crippen molar-refractivity contribution in [2.45, 2.75) is 19.1 Å². The van der Waals surface area contributed by atoms with E-state index < -0.39 is 11.0 Å². The van der Waals surface area contributed by atoms with Gasteiger partial charge in [-0.15, -0.1) is 0 Å². The lowest BCUT2D eigenvalue weighted by Crippen LogP contribution is -2.39. The third-order valence-corrected chi connectivity index (χ3v) is 4.56. The van der Waals surface area contributed by atoms with Gasteiger partial charge in [-0.2, -0.15) is 0 Å². The average Bonchev–Trinajstić information content (AvgIpc) is 2.78. The number of nitrogens with one attached hydrogen (secondary N) is 1. The number of nitro benzene ring substituents is 1. The second kappa shape index (κ2) is 9.47. The Balaban J connectivity index is 1.78. The number of amides is 1. The molecule has 0 aromatic heterocycles. The third kappa shape index (κ3) is 4.88. The van der Waals surface area contributed by atoms with Crippen molar-refractivity contribution in [3.05, 3.63) is 106 Å². The van der Waals surface area contributed by atoms with Crippen molar-refractivity contribution in [1.29, 1.82) is 0 Å². The molecule has 0 saturated carbocycles. The highest BCUT2D eigenvalue weighted by Crippen LogP contribution is 2.25. The molecule has 1 atom stereocenters. The molecule has 0 fully saturated rings. The van der Waals surface area contributed by atoms with E-state index >= 15 is 0 Å². The fraction of sp³-hybridized carbons (Fsp3) is 0.130. The lowest BCUT2D eigenvalue weighted by molar-refractivity contribution is -0.385. The fourth-order valence-corrected chi connectivity index (χ4v) is 3.03. The van der Waals surface area contributed by atoms with Gasteiger partial charge in [0.15, 0.2) is 12.4 Å². The molecule has 152 valence electrons. The van der Waals surface area contributed by atoms with E-state index in [0.29, 0.717) is 6.29 Å². The molecule has 1 N–H and O–H groups in total. The molecule has 0 spiro atoms. The Hall–Kier alpha value is -4.00. The molecule has 0 aliphatic heterocycles. The molecule has 7 nitrogen and oxygen atoms in total. The number of rotatable bonds is 8. The van der Waals surface area contributed by atoms with Crippen LogP contribution in [0.2, 0.25) is 0 Å². The van der Waals surface area contributed by atoms with E-state index in [1.165, 1.54) is 18.2 Å². The number of nitrogens with zero attached hydrogens (tertiary/aromatic N) is 1. The van der Waals surface area contributed by atoms with Crippen molar-refractivity contribution < 1.29 is 19.2 Å². The first-order chi connectivity index (χ1) is 14.5. The Kier molecular flexibility index (Phi) is 6.54. The van der Waals surface area contributed by atoms with Crippen LogP contribution in [0.15, 0.2) is 78.9 Å². The summed E-state index contributed by atoms with van der Waals surface area (Å²) in [5.74, 6) is -0.167. The second-order valence-electron chi connectivity index (χ2n) is 6.62. The van der Waals surface area contributed by atoms with Crippen LogP contribution < -0.4 is 10.1 Å². The SMILES string of the molecule is CC(Oc1ccc([N+](=O)[O-])c(C=O)c1)C(=O)NC(c1ccccc1)c1ccccc1. The lowest BCUT2D eigenvalue weighted by Gasteiger charge is -2.22. The van der Waals surface area contributed by atoms with Gasteiger partial charge in [-0.3, -0.25) is 19.7 Å². The van der Waals surface area contributed by atoms with E-state index in [1.807, 2.05) is 60.7 Å². The summed E-state index contributed by atoms with van der Waals surface area (Å²) in [4.78, 5) is 34.3. The highest BCUT2D eigenvalue weighted by molar-refractivity contribution is 5.83. The molecule has 3 aromatic carbocycles. The van der Waals surface area contributed by atoms with Gasteiger partial charge in [-0.1, -0.05) is 60.7 Å². The smallest absolute Gasteiger partial charge is 0.280 e. The molecular formula is C23H20N2O5. The minimum Gasteiger partial charge on any atom is -0.481 e. The molecule has 30 heavy (non-hydrogen) atoms. The normalized spacial score (nSPS) is 11.5. The van der Waals surface area contributed by atoms with E-state index in [0.717, 1.165) is 11.1 Å². The number of hydrogen-bond acceptors (Lipinski definition) is 5. The molecule has 0 heterocycles. The number of ether oxygens (including phenoxy) is 1. The summed E-state index contributed by atoms with van der Waals surface area (Å²) < 4.78 is 5.63. The van der Waals surface area contributed by atoms with Crippen LogP contribution in [0, 0.1) is 10.1 Å². The van der Waals surface area contributed by atoms with E-state index in [2.05, 4.69) is 5.32 Å². The zero-order valence-corrected chi connectivity index (χ0v) is 16.2. The second-order valence-corrected chi connectivity index (χ2v) is 6.62. The highest BCUT2D eigenvalue weighted by Gasteiger charge is 2.22. The van der Waals surface area contributed by atoms with Gasteiger partial charge in [0.1, 0.15) is 5.75 Å². The molecule has 0 aliphatic rings. The quantitative estimate of drug-likeness (QED) is 0.346. The molecule has 7 heteroatoms. The fourth-order valence-electron chi connectivity index (χ4n) is 3.03. The number of benzene rings is 3. The maximum Gasteiger partial charge on any atom is 0.280 e. The number of carbonyl (C=O) groups excluding carboxylic acids is 2. The van der Waals surface area contributed by atoms with E-state index in [1.54, 1.807) is 6.92 Å². The van der Waals surface area contributed by atoms with E-state index in [9.17, 15) is 19.7 Å². The van der Waals surface area contributed by atoms with Crippen LogP contribution in [-0.4, -0.2) is 23.2 Å². The summed E-state index contributed by atoms with van der Waals surface area (Å²) in [5, 5.41) is 13.9. The number of nitro groups is 1. The first-order valence-electron chi connectivity index (χ1n) is 9.30. The summed E-state index contributed by atoms with van der Waals surface area (Å²) in [7, 11) is 0. The maximum absolute atomic E-state index is 12.8. The molecule has 3 aromatic rings. The van der Waals surface area contributed by atoms with Gasteiger partial charge in [0, 0.05) is 6.07 Å². The Bertz CT molecular complexity index is 998. The van der Waals surface area contributed by atoms with Crippen LogP contribution in [-0.2, 0) is 4.79 Å². The molecule has 1 amide bonds. The largest absolute Gasteiger partial charge is 0.481 e. The Morgan fingerprint density at radius 2 is 1.57 bits per heavy atom. The standard InChI is InChI=1S/C23H20N2O5/c1-16(30-20-12-13-21(25(28)29)19(14-20)15-26)23(27)24-22(17-8-4-2-5-9-17)18-10-6-3-7-11-18/h2-16,22H,1H3,(H,24,27). The molecule has 0 bridgehead atoms. The predicted molar refractivity (Wildman–Crippen MR) is 111 cm³/mol. The van der Waals surface area contributed by atoms with Crippen LogP contribution in [0.4, 0.5) is 5.69 Å². The minimum absolute atomic E-state index is 0.114. The Morgan fingerprint density at radius 1 is 1.00 bits per heavy atom. The van der Waals surface area contributed by atoms with Crippen LogP contribution in [0.1, 0.15) is 34.5 Å². The third-order valence-electron chi connectivity index (χ3n) is 4.56. The van der Waals surface area contributed by atoms with Crippen molar-refractivity contribution in [1.82, 2.24) is 5.32 Å². The molecule has 3 rings (SSSR count). The summed E-state index contributed by atoms with van der Waals surface area (Å²) in [6.07, 6.45) is -0.503. The summed E-state index contributed by atoms with van der Waals surface area (Å²) in [5.41, 5.74) is 1.41. The van der Waals surface area contributed by atoms with Gasteiger partial charge in [0.25, 0.3) is 11.6 Å². The number of aldehydes is 1. The summed E-state index contributed by atoms with van der Waals surface area (Å²) in [6, 6.07) is 22.5. The average molecular weight is 404 g/mol. The lowest BCUT2D eigenvalue weighted by atomic mass is 9.98. The Labute approximate surface area is 173 Å². The zero-order chi connectivity index (χ0) is 21.5. The number of hydrogen-bond donors (Lipinski definition) is 1. The summed E-state index contributed by atoms with van der Waals surface area (Å²) >= 11 is 0. The first kappa shape index (κ1) is 20.7. The minimum atomic E-state index is -0.888. The van der Waals surface area contributed by atoms with Gasteiger partial charge < -0.3 is 10.1 Å². The topological polar surface area (TPSA) is 98.5 Å². The molecule has 0 aliphatic carbocycles. The maximum atomic E-state index is 12.8. The molecule has 0 radical (unpaired) electrons. The van der Waals surface area contributed by atoms with Gasteiger partial charge in [0.05, 0.1) is 16.5 Å². The predicted octanol–water partition coefficient (Wildman–Crippen LogP) is 4.08. The van der Waals surface area contributed by atoms with Crippen molar-refractivity contribution >= 4 is 17.9 Å². The van der Waals surface area contributed by atoms with E-state index in [4.69, 9.17) is 4.74 Å². The monoisotopic (exact) mass is 404 g/mol. The summed E-state index contributed by atoms with van der Waals surface area (Å²) in [6.45, 7) is 1.57. The van der Waals surface area contributed by atoms with Crippen molar-refractivity contribution in [2.75, 3.05) is 0 Å². The molecular weight excluding hydrogens is 384 g/mol. The van der Waals surface area contributed by atoms with Crippen molar-refractivity contribution in [3.63, 3.8) is 0 Å². The van der Waals surface area contributed by atoms with Crippen LogP contribution in [0.5, 0.6) is 5.75 Å². The van der Waals surface area contributed by atoms with E-state index in [-0.39, 0.29) is 28.9 Å². The first-order valence-corrected chi connectivity index (χ1v) is 9.30. The van der Waals surface area contributed by atoms with Crippen molar-refractivity contribution in [2.24, 2.45) is 0 Å². The van der Waals surface area contributed by atoms with Crippen molar-refractivity contribution in [3.8, 4) is 5.75 Å². The van der Waals surface area contributed by atoms with Crippen LogP contribution in [0.25, 0.3) is 0 Å². The van der Waals surface area contributed by atoms with Gasteiger partial charge in [-0.25, -0.2) is 0 Å². The molecule has 1 unspecified atom stereocenters. The van der Waals surface area contributed by atoms with Gasteiger partial charge in [0.2, 0.25) is 0 Å². The Morgan fingerprint density at radius 3 is 2.07 bits per heavy atom. The van der Waals surface area contributed by atoms with Crippen LogP contribution >= 0.6 is 0 Å². The molecule has 0 saturated heterocycles.